The second-order valence-corrected chi connectivity index (χ2v) is 8.25. The second-order valence-electron chi connectivity index (χ2n) is 7.34. The van der Waals surface area contributed by atoms with Crippen molar-refractivity contribution in [2.24, 2.45) is 0 Å². The number of anilines is 1. The summed E-state index contributed by atoms with van der Waals surface area (Å²) < 4.78 is 1.12. The van der Waals surface area contributed by atoms with E-state index in [0.717, 1.165) is 72.6 Å². The molecule has 0 radical (unpaired) electrons. The van der Waals surface area contributed by atoms with Crippen LogP contribution in [0.5, 0.6) is 0 Å². The van der Waals surface area contributed by atoms with Crippen LogP contribution in [0.25, 0.3) is 15.7 Å². The molecule has 1 aromatic heterocycles. The van der Waals surface area contributed by atoms with Gasteiger partial charge in [0.05, 0.1) is 0 Å². The SMILES string of the molecule is Nc1ccc2c(C(=C=O)CCN3CCN(Cc4ccccc4)CC3)csc2c1. The van der Waals surface area contributed by atoms with Crippen molar-refractivity contribution in [2.45, 2.75) is 13.0 Å². The lowest BCUT2D eigenvalue weighted by Gasteiger charge is -2.34. The zero-order valence-corrected chi connectivity index (χ0v) is 16.8. The summed E-state index contributed by atoms with van der Waals surface area (Å²) in [5.41, 5.74) is 9.77. The number of fused-ring (bicyclic) bond motifs is 1. The monoisotopic (exact) mass is 391 g/mol. The zero-order chi connectivity index (χ0) is 19.3. The number of benzene rings is 2. The highest BCUT2D eigenvalue weighted by molar-refractivity contribution is 7.17. The molecular formula is C23H25N3OS. The van der Waals surface area contributed by atoms with Crippen LogP contribution in [0.2, 0.25) is 0 Å². The fourth-order valence-electron chi connectivity index (χ4n) is 3.80. The molecule has 1 aliphatic heterocycles. The van der Waals surface area contributed by atoms with Crippen molar-refractivity contribution in [3.63, 3.8) is 0 Å². The lowest BCUT2D eigenvalue weighted by atomic mass is 10.0. The van der Waals surface area contributed by atoms with Gasteiger partial charge < -0.3 is 10.6 Å². The number of carbonyl (C=O) groups excluding carboxylic acids is 1. The first-order chi connectivity index (χ1) is 13.7. The first-order valence-corrected chi connectivity index (χ1v) is 10.6. The van der Waals surface area contributed by atoms with Gasteiger partial charge in [-0.05, 0) is 24.1 Å². The molecule has 3 aromatic rings. The zero-order valence-electron chi connectivity index (χ0n) is 15.9. The molecule has 144 valence electrons. The predicted octanol–water partition coefficient (Wildman–Crippen LogP) is 3.91. The maximum absolute atomic E-state index is 11.6. The molecule has 2 aromatic carbocycles. The van der Waals surface area contributed by atoms with Gasteiger partial charge in [-0.25, -0.2) is 4.79 Å². The van der Waals surface area contributed by atoms with Gasteiger partial charge in [-0.2, -0.15) is 0 Å². The third kappa shape index (κ3) is 4.34. The largest absolute Gasteiger partial charge is 0.399 e. The molecular weight excluding hydrogens is 366 g/mol. The Kier molecular flexibility index (Phi) is 5.89. The molecule has 0 amide bonds. The van der Waals surface area contributed by atoms with Crippen LogP contribution < -0.4 is 5.73 Å². The molecule has 0 bridgehead atoms. The standard InChI is InChI=1S/C23H25N3OS/c24-20-6-7-21-22(17-28-23(21)14-20)19(16-27)8-9-25-10-12-26(13-11-25)15-18-4-2-1-3-5-18/h1-7,14,17H,8-13,15,24H2. The normalized spacial score (nSPS) is 15.6. The van der Waals surface area contributed by atoms with Crippen molar-refractivity contribution in [1.29, 1.82) is 0 Å². The fourth-order valence-corrected chi connectivity index (χ4v) is 4.82. The Hall–Kier alpha value is -2.43. The third-order valence-corrected chi connectivity index (χ3v) is 6.39. The maximum Gasteiger partial charge on any atom is 0.128 e. The van der Waals surface area contributed by atoms with E-state index in [2.05, 4.69) is 51.5 Å². The van der Waals surface area contributed by atoms with Gasteiger partial charge in [0, 0.05) is 71.6 Å². The van der Waals surface area contributed by atoms with Gasteiger partial charge in [-0.1, -0.05) is 36.4 Å². The molecule has 0 atom stereocenters. The molecule has 0 saturated carbocycles. The number of nitrogens with zero attached hydrogens (tertiary/aromatic N) is 2. The Morgan fingerprint density at radius 3 is 2.54 bits per heavy atom. The molecule has 5 heteroatoms. The van der Waals surface area contributed by atoms with E-state index >= 15 is 0 Å². The number of nitrogens with two attached hydrogens (primary N) is 1. The third-order valence-electron chi connectivity index (χ3n) is 5.44. The van der Waals surface area contributed by atoms with Gasteiger partial charge in [0.25, 0.3) is 0 Å². The number of piperazine rings is 1. The van der Waals surface area contributed by atoms with E-state index in [0.29, 0.717) is 0 Å². The highest BCUT2D eigenvalue weighted by atomic mass is 32.1. The van der Waals surface area contributed by atoms with Crippen LogP contribution in [-0.4, -0.2) is 48.5 Å². The molecule has 2 heterocycles. The molecule has 2 N–H and O–H groups in total. The number of thiophene rings is 1. The van der Waals surface area contributed by atoms with Crippen LogP contribution in [0.15, 0.2) is 53.9 Å². The number of rotatable bonds is 6. The van der Waals surface area contributed by atoms with E-state index < -0.39 is 0 Å². The minimum Gasteiger partial charge on any atom is -0.399 e. The van der Waals surface area contributed by atoms with Gasteiger partial charge in [0.15, 0.2) is 0 Å². The van der Waals surface area contributed by atoms with Gasteiger partial charge >= 0.3 is 0 Å². The van der Waals surface area contributed by atoms with Crippen LogP contribution in [0.4, 0.5) is 5.69 Å². The fraction of sp³-hybridized carbons (Fsp3) is 0.304. The summed E-state index contributed by atoms with van der Waals surface area (Å²) in [4.78, 5) is 16.6. The summed E-state index contributed by atoms with van der Waals surface area (Å²) in [7, 11) is 0. The molecule has 0 spiro atoms. The van der Waals surface area contributed by atoms with Crippen molar-refractivity contribution in [1.82, 2.24) is 9.80 Å². The van der Waals surface area contributed by atoms with E-state index in [1.54, 1.807) is 11.3 Å². The molecule has 1 saturated heterocycles. The van der Waals surface area contributed by atoms with Crippen molar-refractivity contribution in [3.05, 3.63) is 65.0 Å². The van der Waals surface area contributed by atoms with Gasteiger partial charge in [-0.15, -0.1) is 11.3 Å². The summed E-state index contributed by atoms with van der Waals surface area (Å²) in [5.74, 6) is 2.20. The van der Waals surface area contributed by atoms with E-state index in [1.165, 1.54) is 5.56 Å². The molecule has 0 unspecified atom stereocenters. The Morgan fingerprint density at radius 2 is 1.79 bits per heavy atom. The Balaban J connectivity index is 1.32. The highest BCUT2D eigenvalue weighted by Crippen LogP contribution is 2.32. The topological polar surface area (TPSA) is 49.6 Å². The minimum absolute atomic E-state index is 0.735. The summed E-state index contributed by atoms with van der Waals surface area (Å²) in [6.45, 7) is 6.12. The summed E-state index contributed by atoms with van der Waals surface area (Å²) in [6.07, 6.45) is 0.735. The van der Waals surface area contributed by atoms with Crippen molar-refractivity contribution in [3.8, 4) is 0 Å². The number of hydrogen-bond acceptors (Lipinski definition) is 5. The van der Waals surface area contributed by atoms with Crippen LogP contribution >= 0.6 is 11.3 Å². The number of nitrogen functional groups attached to an aromatic ring is 1. The quantitative estimate of drug-likeness (QED) is 0.511. The van der Waals surface area contributed by atoms with Gasteiger partial charge in [0.2, 0.25) is 0 Å². The van der Waals surface area contributed by atoms with Gasteiger partial charge in [-0.3, -0.25) is 4.90 Å². The Labute approximate surface area is 169 Å². The lowest BCUT2D eigenvalue weighted by Crippen LogP contribution is -2.46. The first kappa shape index (κ1) is 18.9. The van der Waals surface area contributed by atoms with E-state index in [4.69, 9.17) is 5.73 Å². The molecule has 0 aliphatic carbocycles. The highest BCUT2D eigenvalue weighted by Gasteiger charge is 2.18. The van der Waals surface area contributed by atoms with E-state index in [-0.39, 0.29) is 0 Å². The van der Waals surface area contributed by atoms with Crippen molar-refractivity contribution < 1.29 is 4.79 Å². The molecule has 1 aliphatic rings. The van der Waals surface area contributed by atoms with E-state index in [1.807, 2.05) is 18.2 Å². The number of hydrogen-bond donors (Lipinski definition) is 1. The minimum atomic E-state index is 0.735. The van der Waals surface area contributed by atoms with E-state index in [9.17, 15) is 4.79 Å². The van der Waals surface area contributed by atoms with Crippen LogP contribution in [0.3, 0.4) is 0 Å². The van der Waals surface area contributed by atoms with Crippen LogP contribution in [-0.2, 0) is 11.3 Å². The average Bonchev–Trinajstić information content (AvgIpc) is 3.13. The Bertz CT molecular complexity index is 984. The summed E-state index contributed by atoms with van der Waals surface area (Å²) in [6, 6.07) is 16.5. The smallest absolute Gasteiger partial charge is 0.128 e. The second kappa shape index (κ2) is 8.72. The molecule has 28 heavy (non-hydrogen) atoms. The maximum atomic E-state index is 11.6. The lowest BCUT2D eigenvalue weighted by molar-refractivity contribution is 0.129. The molecule has 4 nitrogen and oxygen atoms in total. The van der Waals surface area contributed by atoms with Gasteiger partial charge in [0.1, 0.15) is 5.94 Å². The summed E-state index contributed by atoms with van der Waals surface area (Å²) >= 11 is 1.63. The predicted molar refractivity (Wildman–Crippen MR) is 118 cm³/mol. The van der Waals surface area contributed by atoms with Crippen molar-refractivity contribution in [2.75, 3.05) is 38.5 Å². The van der Waals surface area contributed by atoms with Crippen LogP contribution in [0.1, 0.15) is 17.5 Å². The molecule has 4 rings (SSSR count). The van der Waals surface area contributed by atoms with Crippen LogP contribution in [0, 0.1) is 0 Å². The summed E-state index contributed by atoms with van der Waals surface area (Å²) in [5, 5.41) is 3.16. The first-order valence-electron chi connectivity index (χ1n) is 9.72. The van der Waals surface area contributed by atoms with Crippen molar-refractivity contribution >= 4 is 38.6 Å². The average molecular weight is 392 g/mol. The molecule has 1 fully saturated rings. The Morgan fingerprint density at radius 1 is 1.04 bits per heavy atom.